The van der Waals surface area contributed by atoms with Crippen molar-refractivity contribution in [2.24, 2.45) is 7.05 Å². The van der Waals surface area contributed by atoms with Crippen LogP contribution in [-0.2, 0) is 20.0 Å². The van der Waals surface area contributed by atoms with Crippen molar-refractivity contribution in [2.75, 3.05) is 13.1 Å². The van der Waals surface area contributed by atoms with E-state index in [4.69, 9.17) is 0 Å². The maximum absolute atomic E-state index is 10.3. The van der Waals surface area contributed by atoms with Gasteiger partial charge in [-0.25, -0.2) is 4.98 Å². The first kappa shape index (κ1) is 12.4. The van der Waals surface area contributed by atoms with Crippen molar-refractivity contribution in [1.29, 1.82) is 0 Å². The van der Waals surface area contributed by atoms with Gasteiger partial charge in [0.25, 0.3) is 0 Å². The molecular formula is C15H19N3O. The van der Waals surface area contributed by atoms with E-state index in [1.54, 1.807) is 0 Å². The largest absolute Gasteiger partial charge is 0.387 e. The molecule has 0 bridgehead atoms. The minimum absolute atomic E-state index is 0.425. The molecule has 4 nitrogen and oxygen atoms in total. The highest BCUT2D eigenvalue weighted by molar-refractivity contribution is 5.19. The van der Waals surface area contributed by atoms with Crippen LogP contribution in [0.25, 0.3) is 0 Å². The lowest BCUT2D eigenvalue weighted by Crippen LogP contribution is -2.34. The molecular weight excluding hydrogens is 238 g/mol. The molecule has 1 aliphatic rings. The molecule has 0 spiro atoms. The predicted molar refractivity (Wildman–Crippen MR) is 73.6 cm³/mol. The summed E-state index contributed by atoms with van der Waals surface area (Å²) in [4.78, 5) is 6.70. The Balaban J connectivity index is 1.66. The van der Waals surface area contributed by atoms with Crippen molar-refractivity contribution in [1.82, 2.24) is 14.5 Å². The zero-order valence-corrected chi connectivity index (χ0v) is 11.2. The summed E-state index contributed by atoms with van der Waals surface area (Å²) in [6, 6.07) is 9.84. The number of rotatable bonds is 3. The van der Waals surface area contributed by atoms with Crippen LogP contribution in [0.2, 0.25) is 0 Å². The fourth-order valence-electron chi connectivity index (χ4n) is 2.69. The zero-order chi connectivity index (χ0) is 13.2. The maximum Gasteiger partial charge on any atom is 0.0949 e. The number of hydrogen-bond acceptors (Lipinski definition) is 3. The molecule has 0 fully saturated rings. The number of hydrogen-bond donors (Lipinski definition) is 1. The van der Waals surface area contributed by atoms with E-state index in [1.165, 1.54) is 5.69 Å². The summed E-state index contributed by atoms with van der Waals surface area (Å²) in [5, 5.41) is 10.3. The molecule has 4 heteroatoms. The maximum atomic E-state index is 10.3. The van der Waals surface area contributed by atoms with Crippen LogP contribution in [-0.4, -0.2) is 32.6 Å². The predicted octanol–water partition coefficient (Wildman–Crippen LogP) is 1.51. The van der Waals surface area contributed by atoms with Gasteiger partial charge >= 0.3 is 0 Å². The Morgan fingerprint density at radius 3 is 2.89 bits per heavy atom. The van der Waals surface area contributed by atoms with Gasteiger partial charge in [0.05, 0.1) is 18.1 Å². The number of benzene rings is 1. The van der Waals surface area contributed by atoms with E-state index >= 15 is 0 Å². The van der Waals surface area contributed by atoms with Crippen LogP contribution in [0.15, 0.2) is 36.7 Å². The fraction of sp³-hybridized carbons (Fsp3) is 0.400. The van der Waals surface area contributed by atoms with Crippen molar-refractivity contribution in [3.8, 4) is 0 Å². The average Bonchev–Trinajstić information content (AvgIpc) is 2.81. The van der Waals surface area contributed by atoms with E-state index in [-0.39, 0.29) is 0 Å². The van der Waals surface area contributed by atoms with Gasteiger partial charge in [-0.2, -0.15) is 0 Å². The van der Waals surface area contributed by atoms with Gasteiger partial charge in [-0.05, 0) is 5.56 Å². The van der Waals surface area contributed by atoms with E-state index in [1.807, 2.05) is 43.7 Å². The van der Waals surface area contributed by atoms with E-state index in [0.29, 0.717) is 6.54 Å². The minimum Gasteiger partial charge on any atom is -0.387 e. The van der Waals surface area contributed by atoms with Crippen LogP contribution in [0.1, 0.15) is 23.1 Å². The molecule has 1 aromatic heterocycles. The van der Waals surface area contributed by atoms with Gasteiger partial charge in [0.15, 0.2) is 0 Å². The molecule has 0 unspecified atom stereocenters. The fourth-order valence-corrected chi connectivity index (χ4v) is 2.69. The molecule has 19 heavy (non-hydrogen) atoms. The van der Waals surface area contributed by atoms with E-state index < -0.39 is 6.10 Å². The lowest BCUT2D eigenvalue weighted by Gasteiger charge is -2.28. The number of aliphatic hydroxyl groups is 1. The normalized spacial score (nSPS) is 17.2. The Kier molecular flexibility index (Phi) is 3.36. The Morgan fingerprint density at radius 2 is 2.11 bits per heavy atom. The van der Waals surface area contributed by atoms with Crippen molar-refractivity contribution in [3.63, 3.8) is 0 Å². The number of aliphatic hydroxyl groups excluding tert-OH is 1. The summed E-state index contributed by atoms with van der Waals surface area (Å²) in [6.07, 6.45) is 2.46. The number of aromatic nitrogens is 2. The summed E-state index contributed by atoms with van der Waals surface area (Å²) >= 11 is 0. The van der Waals surface area contributed by atoms with Crippen molar-refractivity contribution in [2.45, 2.75) is 19.1 Å². The molecule has 3 rings (SSSR count). The van der Waals surface area contributed by atoms with E-state index in [0.717, 1.165) is 30.8 Å². The van der Waals surface area contributed by atoms with Crippen LogP contribution in [0, 0.1) is 0 Å². The van der Waals surface area contributed by atoms with Crippen molar-refractivity contribution in [3.05, 3.63) is 53.6 Å². The first-order valence-corrected chi connectivity index (χ1v) is 6.68. The molecule has 0 saturated heterocycles. The first-order chi connectivity index (χ1) is 9.24. The number of nitrogens with zero attached hydrogens (tertiary/aromatic N) is 3. The van der Waals surface area contributed by atoms with Gasteiger partial charge in [-0.3, -0.25) is 4.90 Å². The van der Waals surface area contributed by atoms with Gasteiger partial charge in [-0.15, -0.1) is 0 Å². The highest BCUT2D eigenvalue weighted by Crippen LogP contribution is 2.20. The first-order valence-electron chi connectivity index (χ1n) is 6.68. The molecule has 0 saturated carbocycles. The number of β-amino-alcohol motifs (C(OH)–C–C–N with tert-alkyl or cyclic N) is 1. The third-order valence-corrected chi connectivity index (χ3v) is 3.80. The van der Waals surface area contributed by atoms with Gasteiger partial charge < -0.3 is 9.67 Å². The summed E-state index contributed by atoms with van der Waals surface area (Å²) in [5.74, 6) is 0. The second-order valence-corrected chi connectivity index (χ2v) is 5.16. The smallest absolute Gasteiger partial charge is 0.0949 e. The highest BCUT2D eigenvalue weighted by atomic mass is 16.3. The molecule has 1 atom stereocenters. The van der Waals surface area contributed by atoms with Gasteiger partial charge in [0.1, 0.15) is 0 Å². The molecule has 0 aliphatic carbocycles. The van der Waals surface area contributed by atoms with Crippen LogP contribution >= 0.6 is 0 Å². The Morgan fingerprint density at radius 1 is 1.32 bits per heavy atom. The van der Waals surface area contributed by atoms with Crippen molar-refractivity contribution >= 4 is 0 Å². The quantitative estimate of drug-likeness (QED) is 0.906. The monoisotopic (exact) mass is 257 g/mol. The van der Waals surface area contributed by atoms with Gasteiger partial charge in [0.2, 0.25) is 0 Å². The topological polar surface area (TPSA) is 41.3 Å². The van der Waals surface area contributed by atoms with Crippen LogP contribution in [0.5, 0.6) is 0 Å². The van der Waals surface area contributed by atoms with Crippen LogP contribution < -0.4 is 0 Å². The lowest BCUT2D eigenvalue weighted by atomic mass is 10.1. The molecule has 0 amide bonds. The molecule has 0 radical (unpaired) electrons. The Bertz CT molecular complexity index is 550. The summed E-state index contributed by atoms with van der Waals surface area (Å²) < 4.78 is 2.10. The zero-order valence-electron chi connectivity index (χ0n) is 11.2. The molecule has 100 valence electrons. The molecule has 1 N–H and O–H groups in total. The summed E-state index contributed by atoms with van der Waals surface area (Å²) in [5.41, 5.74) is 3.45. The summed E-state index contributed by atoms with van der Waals surface area (Å²) in [7, 11) is 2.04. The molecule has 1 aromatic carbocycles. The van der Waals surface area contributed by atoms with E-state index in [2.05, 4.69) is 14.5 Å². The molecule has 2 heterocycles. The second kappa shape index (κ2) is 5.15. The number of fused-ring (bicyclic) bond motifs is 1. The Hall–Kier alpha value is -1.65. The highest BCUT2D eigenvalue weighted by Gasteiger charge is 2.22. The van der Waals surface area contributed by atoms with Crippen LogP contribution in [0.4, 0.5) is 0 Å². The average molecular weight is 257 g/mol. The van der Waals surface area contributed by atoms with Crippen LogP contribution in [0.3, 0.4) is 0 Å². The lowest BCUT2D eigenvalue weighted by molar-refractivity contribution is 0.105. The Labute approximate surface area is 113 Å². The molecule has 2 aromatic rings. The SMILES string of the molecule is Cn1cnc2c1CCN(C[C@@H](O)c1ccccc1)C2. The number of imidazole rings is 1. The van der Waals surface area contributed by atoms with E-state index in [9.17, 15) is 5.11 Å². The third kappa shape index (κ3) is 2.55. The molecule has 1 aliphatic heterocycles. The summed E-state index contributed by atoms with van der Waals surface area (Å²) in [6.45, 7) is 2.48. The van der Waals surface area contributed by atoms with Crippen molar-refractivity contribution < 1.29 is 5.11 Å². The van der Waals surface area contributed by atoms with Gasteiger partial charge in [-0.1, -0.05) is 30.3 Å². The second-order valence-electron chi connectivity index (χ2n) is 5.16. The standard InChI is InChI=1S/C15H19N3O/c1-17-11-16-13-9-18(8-7-14(13)17)10-15(19)12-5-3-2-4-6-12/h2-6,11,15,19H,7-10H2,1H3/t15-/m1/s1. The van der Waals surface area contributed by atoms with Gasteiger partial charge in [0, 0.05) is 38.8 Å². The number of aryl methyl sites for hydroxylation is 1. The minimum atomic E-state index is -0.425. The third-order valence-electron chi connectivity index (χ3n) is 3.80.